The van der Waals surface area contributed by atoms with Crippen LogP contribution in [0.2, 0.25) is 0 Å². The van der Waals surface area contributed by atoms with Crippen LogP contribution in [0.3, 0.4) is 0 Å². The fourth-order valence-electron chi connectivity index (χ4n) is 3.50. The van der Waals surface area contributed by atoms with Crippen LogP contribution in [-0.4, -0.2) is 38.5 Å². The lowest BCUT2D eigenvalue weighted by Crippen LogP contribution is -2.44. The number of benzene rings is 2. The Bertz CT molecular complexity index is 1030. The maximum absolute atomic E-state index is 13.0. The Morgan fingerprint density at radius 1 is 1.10 bits per heavy atom. The fraction of sp³-hybridized carbons (Fsp3) is 0.381. The number of sulfonamides is 1. The maximum atomic E-state index is 13.0. The molecule has 0 bridgehead atoms. The fourth-order valence-corrected chi connectivity index (χ4v) is 4.89. The van der Waals surface area contributed by atoms with Crippen LogP contribution in [0.4, 0.5) is 18.9 Å². The Morgan fingerprint density at radius 3 is 2.40 bits per heavy atom. The first-order valence-electron chi connectivity index (χ1n) is 9.53. The number of aryl methyl sites for hydroxylation is 2. The number of carbonyl (C=O) groups is 1. The lowest BCUT2D eigenvalue weighted by molar-refractivity contribution is -0.184. The molecule has 1 N–H and O–H groups in total. The number of hydrogen-bond donors (Lipinski definition) is 1. The average molecular weight is 440 g/mol. The Balaban J connectivity index is 1.73. The van der Waals surface area contributed by atoms with E-state index >= 15 is 0 Å². The first-order chi connectivity index (χ1) is 14.0. The van der Waals surface area contributed by atoms with Gasteiger partial charge in [-0.2, -0.15) is 13.2 Å². The summed E-state index contributed by atoms with van der Waals surface area (Å²) in [5.74, 6) is -2.01. The smallest absolute Gasteiger partial charge is 0.338 e. The summed E-state index contributed by atoms with van der Waals surface area (Å²) >= 11 is 0. The van der Waals surface area contributed by atoms with Gasteiger partial charge in [0.2, 0.25) is 0 Å². The summed E-state index contributed by atoms with van der Waals surface area (Å²) in [7, 11) is -3.81. The van der Waals surface area contributed by atoms with E-state index in [9.17, 15) is 26.4 Å². The van der Waals surface area contributed by atoms with E-state index in [1.165, 1.54) is 29.2 Å². The summed E-state index contributed by atoms with van der Waals surface area (Å²) in [5, 5.41) is 0. The number of nitrogens with one attached hydrogen (secondary N) is 1. The standard InChI is InChI=1S/C21H23F3N2O3S/c1-14-5-6-15(2)19(12-14)30(28,29)25-18-9-7-16(8-10-18)20(27)26-11-3-4-17(13-26)21(22,23)24/h5-10,12,17,25H,3-4,11,13H2,1-2H3. The number of amides is 1. The molecule has 1 aliphatic rings. The van der Waals surface area contributed by atoms with Crippen LogP contribution in [0.15, 0.2) is 47.4 Å². The van der Waals surface area contributed by atoms with Crippen LogP contribution in [0.5, 0.6) is 0 Å². The number of halogens is 3. The largest absolute Gasteiger partial charge is 0.393 e. The molecule has 1 unspecified atom stereocenters. The van der Waals surface area contributed by atoms with Crippen LogP contribution >= 0.6 is 0 Å². The van der Waals surface area contributed by atoms with Crippen molar-refractivity contribution >= 4 is 21.6 Å². The van der Waals surface area contributed by atoms with Gasteiger partial charge in [-0.15, -0.1) is 0 Å². The van der Waals surface area contributed by atoms with Gasteiger partial charge in [0.05, 0.1) is 10.8 Å². The second kappa shape index (κ2) is 8.29. The van der Waals surface area contributed by atoms with Gasteiger partial charge in [-0.25, -0.2) is 8.42 Å². The van der Waals surface area contributed by atoms with Crippen LogP contribution in [-0.2, 0) is 10.0 Å². The van der Waals surface area contributed by atoms with Crippen molar-refractivity contribution in [3.05, 3.63) is 59.2 Å². The van der Waals surface area contributed by atoms with Crippen molar-refractivity contribution in [2.45, 2.75) is 37.8 Å². The van der Waals surface area contributed by atoms with Crippen LogP contribution in [0.1, 0.15) is 34.3 Å². The zero-order valence-corrected chi connectivity index (χ0v) is 17.5. The molecule has 9 heteroatoms. The summed E-state index contributed by atoms with van der Waals surface area (Å²) < 4.78 is 66.8. The zero-order valence-electron chi connectivity index (χ0n) is 16.7. The third-order valence-electron chi connectivity index (χ3n) is 5.19. The quantitative estimate of drug-likeness (QED) is 0.760. The van der Waals surface area contributed by atoms with E-state index in [1.807, 2.05) is 6.07 Å². The van der Waals surface area contributed by atoms with Crippen molar-refractivity contribution in [3.63, 3.8) is 0 Å². The molecule has 2 aromatic carbocycles. The number of nitrogens with zero attached hydrogens (tertiary/aromatic N) is 1. The lowest BCUT2D eigenvalue weighted by Gasteiger charge is -2.33. The highest BCUT2D eigenvalue weighted by atomic mass is 32.2. The molecule has 3 rings (SSSR count). The minimum Gasteiger partial charge on any atom is -0.338 e. The highest BCUT2D eigenvalue weighted by Crippen LogP contribution is 2.33. The highest BCUT2D eigenvalue weighted by Gasteiger charge is 2.42. The molecular weight excluding hydrogens is 417 g/mol. The zero-order chi connectivity index (χ0) is 22.1. The first kappa shape index (κ1) is 22.1. The Labute approximate surface area is 173 Å². The summed E-state index contributed by atoms with van der Waals surface area (Å²) in [4.78, 5) is 14.0. The molecule has 1 heterocycles. The maximum Gasteiger partial charge on any atom is 0.393 e. The topological polar surface area (TPSA) is 66.5 Å². The number of anilines is 1. The molecule has 0 radical (unpaired) electrons. The number of alkyl halides is 3. The Hall–Kier alpha value is -2.55. The monoisotopic (exact) mass is 440 g/mol. The summed E-state index contributed by atoms with van der Waals surface area (Å²) in [6.45, 7) is 3.40. The van der Waals surface area contributed by atoms with E-state index in [0.29, 0.717) is 12.0 Å². The van der Waals surface area contributed by atoms with Crippen LogP contribution in [0.25, 0.3) is 0 Å². The molecule has 1 saturated heterocycles. The number of carbonyl (C=O) groups excluding carboxylic acids is 1. The SMILES string of the molecule is Cc1ccc(C)c(S(=O)(=O)Nc2ccc(C(=O)N3CCCC(C(F)(F)F)C3)cc2)c1. The number of piperidine rings is 1. The molecule has 5 nitrogen and oxygen atoms in total. The Kier molecular flexibility index (Phi) is 6.12. The normalized spacial score (nSPS) is 17.6. The predicted octanol–water partition coefficient (Wildman–Crippen LogP) is 4.52. The molecule has 0 spiro atoms. The minimum absolute atomic E-state index is 0.0202. The predicted molar refractivity (Wildman–Crippen MR) is 108 cm³/mol. The minimum atomic E-state index is -4.32. The molecule has 162 valence electrons. The third kappa shape index (κ3) is 4.95. The lowest BCUT2D eigenvalue weighted by atomic mass is 9.97. The first-order valence-corrected chi connectivity index (χ1v) is 11.0. The number of likely N-dealkylation sites (tertiary alicyclic amines) is 1. The van der Waals surface area contributed by atoms with Crippen LogP contribution < -0.4 is 4.72 Å². The second-order valence-electron chi connectivity index (χ2n) is 7.58. The van der Waals surface area contributed by atoms with Gasteiger partial charge in [-0.3, -0.25) is 9.52 Å². The van der Waals surface area contributed by atoms with E-state index in [-0.39, 0.29) is 35.7 Å². The molecule has 0 aromatic heterocycles. The van der Waals surface area contributed by atoms with E-state index < -0.39 is 28.0 Å². The number of rotatable bonds is 4. The summed E-state index contributed by atoms with van der Waals surface area (Å²) in [5.41, 5.74) is 1.89. The van der Waals surface area contributed by atoms with Gasteiger partial charge in [-0.1, -0.05) is 12.1 Å². The second-order valence-corrected chi connectivity index (χ2v) is 9.23. The van der Waals surface area contributed by atoms with Gasteiger partial charge in [0.25, 0.3) is 15.9 Å². The van der Waals surface area contributed by atoms with Crippen molar-refractivity contribution in [3.8, 4) is 0 Å². The van der Waals surface area contributed by atoms with E-state index in [2.05, 4.69) is 4.72 Å². The third-order valence-corrected chi connectivity index (χ3v) is 6.71. The molecule has 1 aliphatic heterocycles. The molecule has 30 heavy (non-hydrogen) atoms. The van der Waals surface area contributed by atoms with Gasteiger partial charge in [0.15, 0.2) is 0 Å². The highest BCUT2D eigenvalue weighted by molar-refractivity contribution is 7.92. The summed E-state index contributed by atoms with van der Waals surface area (Å²) in [6.07, 6.45) is -4.01. The molecule has 0 aliphatic carbocycles. The molecule has 2 aromatic rings. The van der Waals surface area contributed by atoms with E-state index in [1.54, 1.807) is 26.0 Å². The van der Waals surface area contributed by atoms with Crippen LogP contribution in [0, 0.1) is 19.8 Å². The van der Waals surface area contributed by atoms with Crippen molar-refractivity contribution < 1.29 is 26.4 Å². The molecule has 1 amide bonds. The van der Waals surface area contributed by atoms with Crippen molar-refractivity contribution in [1.29, 1.82) is 0 Å². The van der Waals surface area contributed by atoms with Crippen molar-refractivity contribution in [2.24, 2.45) is 5.92 Å². The molecule has 0 saturated carbocycles. The molecule has 1 fully saturated rings. The van der Waals surface area contributed by atoms with Gasteiger partial charge in [0.1, 0.15) is 0 Å². The molecular formula is C21H23F3N2O3S. The van der Waals surface area contributed by atoms with Gasteiger partial charge in [0, 0.05) is 24.3 Å². The number of hydrogen-bond acceptors (Lipinski definition) is 3. The van der Waals surface area contributed by atoms with Gasteiger partial charge in [-0.05, 0) is 68.1 Å². The molecule has 1 atom stereocenters. The van der Waals surface area contributed by atoms with E-state index in [4.69, 9.17) is 0 Å². The Morgan fingerprint density at radius 2 is 1.77 bits per heavy atom. The van der Waals surface area contributed by atoms with Crippen molar-refractivity contribution in [1.82, 2.24) is 4.90 Å². The van der Waals surface area contributed by atoms with E-state index in [0.717, 1.165) is 5.56 Å². The van der Waals surface area contributed by atoms with Gasteiger partial charge < -0.3 is 4.90 Å². The average Bonchev–Trinajstić information content (AvgIpc) is 2.69. The summed E-state index contributed by atoms with van der Waals surface area (Å²) in [6, 6.07) is 10.8. The van der Waals surface area contributed by atoms with Crippen molar-refractivity contribution in [2.75, 3.05) is 17.8 Å². The van der Waals surface area contributed by atoms with Gasteiger partial charge >= 0.3 is 6.18 Å².